The minimum absolute atomic E-state index is 0. The van der Waals surface area contributed by atoms with Gasteiger partial charge in [0, 0.05) is 51.0 Å². The molecular formula is C30H46ClN9O4. The number of nitrogens with one attached hydrogen (secondary N) is 2. The monoisotopic (exact) mass is 632 g/mol. The summed E-state index contributed by atoms with van der Waals surface area (Å²) in [6.07, 6.45) is 5.97. The number of hydrogen-bond donors (Lipinski definition) is 4. The number of halogens is 1. The molecule has 1 saturated heterocycles. The second-order valence-electron chi connectivity index (χ2n) is 11.5. The van der Waals surface area contributed by atoms with Crippen LogP contribution in [0.15, 0.2) is 41.3 Å². The van der Waals surface area contributed by atoms with E-state index in [-0.39, 0.29) is 37.2 Å². The molecule has 1 aromatic carbocycles. The van der Waals surface area contributed by atoms with Gasteiger partial charge in [-0.1, -0.05) is 19.1 Å². The number of benzene rings is 1. The van der Waals surface area contributed by atoms with Crippen LogP contribution in [-0.2, 0) is 16.1 Å². The molecule has 4 rings (SSSR count). The number of carbonyl (C=O) groups excluding carboxylic acids is 3. The highest BCUT2D eigenvalue weighted by Crippen LogP contribution is 2.24. The number of anilines is 1. The Balaban J connectivity index is 0.00000552. The Morgan fingerprint density at radius 1 is 1.05 bits per heavy atom. The molecule has 0 bridgehead atoms. The van der Waals surface area contributed by atoms with Crippen molar-refractivity contribution in [3.8, 4) is 5.69 Å². The van der Waals surface area contributed by atoms with E-state index in [0.717, 1.165) is 38.8 Å². The summed E-state index contributed by atoms with van der Waals surface area (Å²) in [7, 11) is 0. The van der Waals surface area contributed by atoms with Crippen molar-refractivity contribution in [1.82, 2.24) is 29.6 Å². The number of rotatable bonds is 10. The van der Waals surface area contributed by atoms with Gasteiger partial charge in [-0.15, -0.1) is 12.4 Å². The molecule has 0 spiro atoms. The van der Waals surface area contributed by atoms with Gasteiger partial charge in [0.2, 0.25) is 11.8 Å². The molecule has 4 amide bonds. The second-order valence-corrected chi connectivity index (χ2v) is 11.5. The highest BCUT2D eigenvalue weighted by molar-refractivity contribution is 5.90. The molecule has 2 fully saturated rings. The maximum atomic E-state index is 12.8. The van der Waals surface area contributed by atoms with Crippen molar-refractivity contribution in [1.29, 1.82) is 0 Å². The molecule has 2 aliphatic rings. The normalized spacial score (nSPS) is 20.2. The molecule has 2 heterocycles. The largest absolute Gasteiger partial charge is 0.354 e. The van der Waals surface area contributed by atoms with Gasteiger partial charge in [-0.05, 0) is 69.8 Å². The van der Waals surface area contributed by atoms with Crippen LogP contribution in [0.25, 0.3) is 5.69 Å². The number of nitrogens with two attached hydrogens (primary N) is 2. The number of carbonyl (C=O) groups is 3. The molecule has 13 nitrogen and oxygen atoms in total. The summed E-state index contributed by atoms with van der Waals surface area (Å²) in [4.78, 5) is 60.1. The molecule has 0 unspecified atom stereocenters. The van der Waals surface area contributed by atoms with E-state index >= 15 is 0 Å². The van der Waals surface area contributed by atoms with Gasteiger partial charge >= 0.3 is 11.7 Å². The number of urea groups is 1. The molecule has 242 valence electrons. The standard InChI is InChI=1S/C30H45N9O4.ClH/c1-4-36(24-11-7-23(32)8-12-24)19-22-5-9-25(10-6-22)39-14-13-26(35-30(39)43)34-29(42)38-17-15-37(16-18-38)28(41)21(3)33-27(40)20(2)31;/h5-6,9-10,13-14,20-21,23-24H,4,7-8,11-12,15-19,31-32H2,1-3H3,(H,33,40)(H,34,35,42,43);1H/t20-,21+,23?,24?;/m1./s1/i/hD. The Morgan fingerprint density at radius 2 is 1.68 bits per heavy atom. The lowest BCUT2D eigenvalue weighted by atomic mass is 9.90. The van der Waals surface area contributed by atoms with Crippen molar-refractivity contribution in [2.75, 3.05) is 38.0 Å². The number of amides is 4. The first-order chi connectivity index (χ1) is 21.1. The van der Waals surface area contributed by atoms with Crippen LogP contribution in [0.3, 0.4) is 0 Å². The highest BCUT2D eigenvalue weighted by atomic mass is 35.5. The van der Waals surface area contributed by atoms with Crippen LogP contribution in [0.1, 0.15) is 52.0 Å². The van der Waals surface area contributed by atoms with E-state index in [2.05, 4.69) is 33.2 Å². The Labute approximate surface area is 266 Å². The third kappa shape index (κ3) is 9.00. The van der Waals surface area contributed by atoms with Crippen LogP contribution in [0.2, 0.25) is 1.41 Å². The van der Waals surface area contributed by atoms with Gasteiger partial charge in [-0.3, -0.25) is 24.4 Å². The van der Waals surface area contributed by atoms with E-state index in [1.165, 1.54) is 17.1 Å². The van der Waals surface area contributed by atoms with Crippen LogP contribution in [0.5, 0.6) is 0 Å². The smallest absolute Gasteiger partial charge is 0.343 e. The van der Waals surface area contributed by atoms with Crippen LogP contribution in [0.4, 0.5) is 10.6 Å². The fourth-order valence-corrected chi connectivity index (χ4v) is 5.62. The first-order valence-corrected chi connectivity index (χ1v) is 15.1. The predicted molar refractivity (Wildman–Crippen MR) is 172 cm³/mol. The summed E-state index contributed by atoms with van der Waals surface area (Å²) in [6, 6.07) is 8.41. The summed E-state index contributed by atoms with van der Waals surface area (Å²) in [5, 5.41) is 5.27. The number of nitrogens with zero attached hydrogens (tertiary/aromatic N) is 5. The third-order valence-corrected chi connectivity index (χ3v) is 8.30. The predicted octanol–water partition coefficient (Wildman–Crippen LogP) is 1.27. The van der Waals surface area contributed by atoms with Gasteiger partial charge < -0.3 is 26.6 Å². The Hall–Kier alpha value is -3.52. The molecule has 1 saturated carbocycles. The molecule has 2 atom stereocenters. The second kappa shape index (κ2) is 16.0. The average Bonchev–Trinajstić information content (AvgIpc) is 3.03. The molecule has 14 heteroatoms. The van der Waals surface area contributed by atoms with Gasteiger partial charge in [0.25, 0.3) is 0 Å². The molecule has 1 aromatic heterocycles. The van der Waals surface area contributed by atoms with Gasteiger partial charge in [0.05, 0.1) is 11.7 Å². The van der Waals surface area contributed by atoms with E-state index < -0.39 is 29.7 Å². The van der Waals surface area contributed by atoms with Crippen molar-refractivity contribution in [2.24, 2.45) is 11.5 Å². The molecule has 44 heavy (non-hydrogen) atoms. The lowest BCUT2D eigenvalue weighted by Gasteiger charge is -2.36. The summed E-state index contributed by atoms with van der Waals surface area (Å²) >= 11 is 0. The Morgan fingerprint density at radius 3 is 2.27 bits per heavy atom. The lowest BCUT2D eigenvalue weighted by molar-refractivity contribution is -0.137. The van der Waals surface area contributed by atoms with Crippen LogP contribution in [-0.4, -0.2) is 99.0 Å². The molecule has 2 aromatic rings. The fourth-order valence-electron chi connectivity index (χ4n) is 5.62. The zero-order chi connectivity index (χ0) is 31.8. The van der Waals surface area contributed by atoms with E-state index in [9.17, 15) is 19.2 Å². The zero-order valence-electron chi connectivity index (χ0n) is 26.7. The van der Waals surface area contributed by atoms with Gasteiger partial charge in [0.15, 0.2) is 0 Å². The minimum Gasteiger partial charge on any atom is -0.343 e. The van der Waals surface area contributed by atoms with Crippen molar-refractivity contribution < 1.29 is 15.8 Å². The van der Waals surface area contributed by atoms with E-state index in [1.54, 1.807) is 29.0 Å². The number of piperazine rings is 1. The molecular weight excluding hydrogens is 586 g/mol. The maximum Gasteiger partial charge on any atom is 0.354 e. The zero-order valence-corrected chi connectivity index (χ0v) is 26.5. The Kier molecular flexibility index (Phi) is 12.1. The van der Waals surface area contributed by atoms with Crippen LogP contribution in [0, 0.1) is 0 Å². The number of aromatic nitrogens is 2. The summed E-state index contributed by atoms with van der Waals surface area (Å²) in [5.74, 6) is -0.554. The van der Waals surface area contributed by atoms with Crippen molar-refractivity contribution in [2.45, 2.75) is 77.2 Å². The maximum absolute atomic E-state index is 12.8. The van der Waals surface area contributed by atoms with Crippen molar-refractivity contribution in [3.05, 3.63) is 52.6 Å². The SMILES string of the molecule is Cl.[2H]N[C@H](C)C(=O)N[C@@H](C)C(=O)N1CCN(C(=O)Nc2ccn(-c3ccc(CN(CC)C4CCC(N)CC4)cc3)c(=O)n2)CC1. The van der Waals surface area contributed by atoms with Crippen molar-refractivity contribution >= 4 is 36.1 Å². The highest BCUT2D eigenvalue weighted by Gasteiger charge is 2.28. The summed E-state index contributed by atoms with van der Waals surface area (Å²) in [6.45, 7) is 8.29. The number of hydrogen-bond acceptors (Lipinski definition) is 8. The van der Waals surface area contributed by atoms with E-state index in [1.807, 2.05) is 24.3 Å². The first kappa shape index (κ1) is 33.4. The topological polar surface area (TPSA) is 172 Å². The summed E-state index contributed by atoms with van der Waals surface area (Å²) < 4.78 is 8.51. The van der Waals surface area contributed by atoms with Gasteiger partial charge in [-0.2, -0.15) is 4.98 Å². The van der Waals surface area contributed by atoms with E-state index in [0.29, 0.717) is 30.9 Å². The molecule has 6 N–H and O–H groups in total. The molecule has 1 aliphatic carbocycles. The fraction of sp³-hybridized carbons (Fsp3) is 0.567. The van der Waals surface area contributed by atoms with Crippen molar-refractivity contribution in [3.63, 3.8) is 0 Å². The van der Waals surface area contributed by atoms with Gasteiger partial charge in [-0.25, -0.2) is 9.59 Å². The first-order valence-electron chi connectivity index (χ1n) is 15.6. The quantitative estimate of drug-likeness (QED) is 0.303. The summed E-state index contributed by atoms with van der Waals surface area (Å²) in [5.41, 5.74) is 9.53. The van der Waals surface area contributed by atoms with E-state index in [4.69, 9.17) is 7.15 Å². The van der Waals surface area contributed by atoms with Gasteiger partial charge in [0.1, 0.15) is 13.3 Å². The third-order valence-electron chi connectivity index (χ3n) is 8.30. The Bertz CT molecular complexity index is 1350. The van der Waals surface area contributed by atoms with Crippen LogP contribution >= 0.6 is 12.4 Å². The lowest BCUT2D eigenvalue weighted by Crippen LogP contribution is -2.56. The minimum atomic E-state index is -0.752. The molecule has 1 aliphatic heterocycles. The molecule has 0 radical (unpaired) electrons. The van der Waals surface area contributed by atoms with Crippen LogP contribution < -0.4 is 27.8 Å². The average molecular weight is 633 g/mol.